The minimum atomic E-state index is -4.49. The number of amides is 1. The van der Waals surface area contributed by atoms with Crippen molar-refractivity contribution >= 4 is 28.2 Å². The highest BCUT2D eigenvalue weighted by Gasteiger charge is 2.33. The van der Waals surface area contributed by atoms with Crippen LogP contribution in [0.3, 0.4) is 0 Å². The molecule has 0 bridgehead atoms. The molecule has 3 aromatic rings. The molecule has 0 spiro atoms. The van der Waals surface area contributed by atoms with Gasteiger partial charge in [0.1, 0.15) is 5.82 Å². The summed E-state index contributed by atoms with van der Waals surface area (Å²) in [6.07, 6.45) is 0.0570. The molecule has 0 atom stereocenters. The third-order valence-electron chi connectivity index (χ3n) is 5.48. The maximum absolute atomic E-state index is 13.4. The number of nitrogens with one attached hydrogen (secondary N) is 1. The third kappa shape index (κ3) is 3.84. The number of carbonyl (C=O) groups is 1. The lowest BCUT2D eigenvalue weighted by molar-refractivity contribution is -0.136. The van der Waals surface area contributed by atoms with Gasteiger partial charge in [0.25, 0.3) is 5.91 Å². The Hall–Kier alpha value is -3.09. The van der Waals surface area contributed by atoms with E-state index in [4.69, 9.17) is 0 Å². The summed E-state index contributed by atoms with van der Waals surface area (Å²) < 4.78 is 40.2. The molecule has 7 heteroatoms. The van der Waals surface area contributed by atoms with Crippen LogP contribution in [0.1, 0.15) is 40.7 Å². The highest BCUT2D eigenvalue weighted by Crippen LogP contribution is 2.37. The van der Waals surface area contributed by atoms with Gasteiger partial charge in [0.2, 0.25) is 0 Å². The Bertz CT molecular complexity index is 1090. The second-order valence-electron chi connectivity index (χ2n) is 7.54. The van der Waals surface area contributed by atoms with Gasteiger partial charge in [0.05, 0.1) is 16.8 Å². The first-order valence-corrected chi connectivity index (χ1v) is 9.97. The van der Waals surface area contributed by atoms with Crippen molar-refractivity contribution in [1.29, 1.82) is 0 Å². The number of halogens is 3. The predicted octanol–water partition coefficient (Wildman–Crippen LogP) is 5.93. The zero-order valence-electron chi connectivity index (χ0n) is 16.6. The van der Waals surface area contributed by atoms with Gasteiger partial charge in [0, 0.05) is 30.1 Å². The molecule has 1 amide bonds. The highest BCUT2D eigenvalue weighted by atomic mass is 19.4. The fraction of sp³-hybridized carbons (Fsp3) is 0.304. The van der Waals surface area contributed by atoms with E-state index < -0.39 is 11.7 Å². The standard InChI is InChI=1S/C23H22F3N3O/c1-15-8-7-9-16-20(15)17(22(30)29-12-5-2-6-13-29)14-27-21(16)28-19-11-4-3-10-18(19)23(24,25)26/h3-4,7-11,14H,2,5-6,12-13H2,1H3,(H,27,28). The van der Waals surface area contributed by atoms with Crippen molar-refractivity contribution in [2.45, 2.75) is 32.4 Å². The van der Waals surface area contributed by atoms with E-state index in [1.165, 1.54) is 18.3 Å². The Balaban J connectivity index is 1.79. The first kappa shape index (κ1) is 20.2. The van der Waals surface area contributed by atoms with E-state index in [1.807, 2.05) is 24.0 Å². The molecule has 0 saturated carbocycles. The molecule has 2 heterocycles. The van der Waals surface area contributed by atoms with Gasteiger partial charge in [-0.2, -0.15) is 13.2 Å². The number of aryl methyl sites for hydroxylation is 1. The third-order valence-corrected chi connectivity index (χ3v) is 5.48. The fourth-order valence-corrected chi connectivity index (χ4v) is 3.98. The van der Waals surface area contributed by atoms with E-state index in [9.17, 15) is 18.0 Å². The lowest BCUT2D eigenvalue weighted by atomic mass is 10.00. The van der Waals surface area contributed by atoms with Crippen molar-refractivity contribution in [3.63, 3.8) is 0 Å². The van der Waals surface area contributed by atoms with Gasteiger partial charge in [-0.15, -0.1) is 0 Å². The van der Waals surface area contributed by atoms with E-state index in [-0.39, 0.29) is 11.6 Å². The summed E-state index contributed by atoms with van der Waals surface area (Å²) in [5.74, 6) is 0.212. The predicted molar refractivity (Wildman–Crippen MR) is 111 cm³/mol. The van der Waals surface area contributed by atoms with Crippen molar-refractivity contribution in [2.75, 3.05) is 18.4 Å². The maximum Gasteiger partial charge on any atom is 0.418 e. The second kappa shape index (κ2) is 7.97. The van der Waals surface area contributed by atoms with Crippen LogP contribution in [0.15, 0.2) is 48.7 Å². The minimum Gasteiger partial charge on any atom is -0.339 e. The van der Waals surface area contributed by atoms with Gasteiger partial charge < -0.3 is 10.2 Å². The molecule has 0 aliphatic carbocycles. The van der Waals surface area contributed by atoms with Crippen LogP contribution in [0.25, 0.3) is 10.8 Å². The van der Waals surface area contributed by atoms with Crippen LogP contribution < -0.4 is 5.32 Å². The Labute approximate surface area is 172 Å². The smallest absolute Gasteiger partial charge is 0.339 e. The molecule has 4 nitrogen and oxygen atoms in total. The Morgan fingerprint density at radius 2 is 1.77 bits per heavy atom. The molecule has 4 rings (SSSR count). The topological polar surface area (TPSA) is 45.2 Å². The van der Waals surface area contributed by atoms with Gasteiger partial charge >= 0.3 is 6.18 Å². The summed E-state index contributed by atoms with van der Waals surface area (Å²) in [7, 11) is 0. The monoisotopic (exact) mass is 413 g/mol. The van der Waals surface area contributed by atoms with E-state index in [0.29, 0.717) is 29.9 Å². The molecule has 1 aromatic heterocycles. The lowest BCUT2D eigenvalue weighted by Crippen LogP contribution is -2.35. The van der Waals surface area contributed by atoms with Crippen molar-refractivity contribution in [2.24, 2.45) is 0 Å². The molecule has 0 unspecified atom stereocenters. The van der Waals surface area contributed by atoms with Crippen molar-refractivity contribution in [3.8, 4) is 0 Å². The van der Waals surface area contributed by atoms with E-state index in [0.717, 1.165) is 36.3 Å². The van der Waals surface area contributed by atoms with Crippen LogP contribution in [0.4, 0.5) is 24.7 Å². The SMILES string of the molecule is Cc1cccc2c(Nc3ccccc3C(F)(F)F)ncc(C(=O)N3CCCCC3)c12. The first-order chi connectivity index (χ1) is 14.4. The van der Waals surface area contributed by atoms with Crippen LogP contribution in [-0.4, -0.2) is 28.9 Å². The largest absolute Gasteiger partial charge is 0.418 e. The zero-order chi connectivity index (χ0) is 21.3. The summed E-state index contributed by atoms with van der Waals surface area (Å²) in [6, 6.07) is 10.8. The number of pyridine rings is 1. The number of rotatable bonds is 3. The number of hydrogen-bond acceptors (Lipinski definition) is 3. The van der Waals surface area contributed by atoms with E-state index >= 15 is 0 Å². The van der Waals surface area contributed by atoms with E-state index in [2.05, 4.69) is 10.3 Å². The van der Waals surface area contributed by atoms with Crippen molar-refractivity contribution < 1.29 is 18.0 Å². The number of fused-ring (bicyclic) bond motifs is 1. The number of hydrogen-bond donors (Lipinski definition) is 1. The summed E-state index contributed by atoms with van der Waals surface area (Å²) in [5.41, 5.74) is 0.526. The van der Waals surface area contributed by atoms with Gasteiger partial charge in [-0.1, -0.05) is 30.3 Å². The number of carbonyl (C=O) groups excluding carboxylic acids is 1. The first-order valence-electron chi connectivity index (χ1n) is 9.97. The molecule has 1 saturated heterocycles. The number of aromatic nitrogens is 1. The number of benzene rings is 2. The maximum atomic E-state index is 13.4. The molecule has 1 fully saturated rings. The van der Waals surface area contributed by atoms with Crippen LogP contribution in [0, 0.1) is 6.92 Å². The van der Waals surface area contributed by atoms with Crippen molar-refractivity contribution in [1.82, 2.24) is 9.88 Å². The molecular weight excluding hydrogens is 391 g/mol. The lowest BCUT2D eigenvalue weighted by Gasteiger charge is -2.27. The summed E-state index contributed by atoms with van der Waals surface area (Å²) in [6.45, 7) is 3.32. The molecular formula is C23H22F3N3O. The van der Waals surface area contributed by atoms with Crippen LogP contribution >= 0.6 is 0 Å². The normalized spacial score (nSPS) is 14.7. The quantitative estimate of drug-likeness (QED) is 0.579. The number of anilines is 2. The van der Waals surface area contributed by atoms with Crippen LogP contribution in [-0.2, 0) is 6.18 Å². The molecule has 156 valence electrons. The molecule has 0 radical (unpaired) electrons. The Morgan fingerprint density at radius 3 is 2.50 bits per heavy atom. The van der Waals surface area contributed by atoms with Crippen LogP contribution in [0.5, 0.6) is 0 Å². The zero-order valence-corrected chi connectivity index (χ0v) is 16.6. The average Bonchev–Trinajstić information content (AvgIpc) is 2.74. The number of nitrogens with zero attached hydrogens (tertiary/aromatic N) is 2. The van der Waals surface area contributed by atoms with Crippen LogP contribution in [0.2, 0.25) is 0 Å². The van der Waals surface area contributed by atoms with E-state index in [1.54, 1.807) is 12.1 Å². The fourth-order valence-electron chi connectivity index (χ4n) is 3.98. The molecule has 1 aliphatic rings. The van der Waals surface area contributed by atoms with Gasteiger partial charge in [-0.05, 0) is 43.9 Å². The number of para-hydroxylation sites is 1. The van der Waals surface area contributed by atoms with Gasteiger partial charge in [0.15, 0.2) is 0 Å². The summed E-state index contributed by atoms with van der Waals surface area (Å²) in [4.78, 5) is 19.3. The van der Waals surface area contributed by atoms with Gasteiger partial charge in [-0.3, -0.25) is 4.79 Å². The average molecular weight is 413 g/mol. The number of likely N-dealkylation sites (tertiary alicyclic amines) is 1. The minimum absolute atomic E-state index is 0.0737. The van der Waals surface area contributed by atoms with Crippen molar-refractivity contribution in [3.05, 3.63) is 65.4 Å². The second-order valence-corrected chi connectivity index (χ2v) is 7.54. The Kier molecular flexibility index (Phi) is 5.37. The molecule has 1 N–H and O–H groups in total. The summed E-state index contributed by atoms with van der Waals surface area (Å²) in [5, 5.41) is 4.18. The molecule has 30 heavy (non-hydrogen) atoms. The number of alkyl halides is 3. The molecule has 1 aliphatic heterocycles. The summed E-state index contributed by atoms with van der Waals surface area (Å²) >= 11 is 0. The number of piperidine rings is 1. The Morgan fingerprint density at radius 1 is 1.03 bits per heavy atom. The van der Waals surface area contributed by atoms with Gasteiger partial charge in [-0.25, -0.2) is 4.98 Å². The highest BCUT2D eigenvalue weighted by molar-refractivity contribution is 6.10. The molecule has 2 aromatic carbocycles.